The second kappa shape index (κ2) is 13.5. The van der Waals surface area contributed by atoms with Gasteiger partial charge in [-0.2, -0.15) is 0 Å². The van der Waals surface area contributed by atoms with Crippen molar-refractivity contribution in [2.45, 2.75) is 163 Å². The minimum atomic E-state index is -0.223. The van der Waals surface area contributed by atoms with Gasteiger partial charge in [0.05, 0.1) is 13.2 Å². The Balaban J connectivity index is 0.000000307. The van der Waals surface area contributed by atoms with Crippen molar-refractivity contribution in [3.05, 3.63) is 63.2 Å². The average Bonchev–Trinajstić information content (AvgIpc) is 2.88. The van der Waals surface area contributed by atoms with E-state index in [-0.39, 0.29) is 29.4 Å². The van der Waals surface area contributed by atoms with Crippen molar-refractivity contribution in [3.63, 3.8) is 0 Å². The predicted octanol–water partition coefficient (Wildman–Crippen LogP) is 11.8. The molecule has 4 rings (SSSR count). The van der Waals surface area contributed by atoms with E-state index >= 15 is 0 Å². The van der Waals surface area contributed by atoms with Crippen LogP contribution in [-0.2, 0) is 31.1 Å². The Hall–Kier alpha value is -1.84. The van der Waals surface area contributed by atoms with Crippen molar-refractivity contribution in [1.82, 2.24) is 0 Å². The molecule has 0 atom stereocenters. The van der Waals surface area contributed by atoms with Crippen molar-refractivity contribution in [3.8, 4) is 5.75 Å². The third-order valence-corrected chi connectivity index (χ3v) is 9.62. The molecule has 0 unspecified atom stereocenters. The van der Waals surface area contributed by atoms with Gasteiger partial charge < -0.3 is 14.6 Å². The zero-order valence-corrected chi connectivity index (χ0v) is 31.1. The van der Waals surface area contributed by atoms with E-state index in [1.54, 1.807) is 0 Å². The van der Waals surface area contributed by atoms with E-state index in [1.807, 2.05) is 0 Å². The van der Waals surface area contributed by atoms with Crippen LogP contribution in [0.15, 0.2) is 24.3 Å². The summed E-state index contributed by atoms with van der Waals surface area (Å²) in [6.07, 6.45) is 5.03. The minimum Gasteiger partial charge on any atom is -0.507 e. The Morgan fingerprint density at radius 3 is 1.30 bits per heavy atom. The van der Waals surface area contributed by atoms with Gasteiger partial charge in [-0.05, 0) is 98.8 Å². The van der Waals surface area contributed by atoms with Crippen molar-refractivity contribution in [2.24, 2.45) is 11.8 Å². The molecule has 1 aliphatic carbocycles. The quantitative estimate of drug-likeness (QED) is 0.368. The summed E-state index contributed by atoms with van der Waals surface area (Å²) in [7, 11) is 0. The fraction of sp³-hybridized carbons (Fsp3) is 0.707. The molecule has 2 aromatic carbocycles. The normalized spacial score (nSPS) is 23.6. The number of aromatic hydroxyl groups is 1. The monoisotopic (exact) mass is 609 g/mol. The molecule has 1 saturated carbocycles. The summed E-state index contributed by atoms with van der Waals surface area (Å²) in [4.78, 5) is 0. The highest BCUT2D eigenvalue weighted by Crippen LogP contribution is 2.44. The van der Waals surface area contributed by atoms with E-state index in [1.165, 1.54) is 47.9 Å². The summed E-state index contributed by atoms with van der Waals surface area (Å²) in [6.45, 7) is 35.1. The maximum Gasteiger partial charge on any atom is 0.183 e. The molecule has 1 saturated heterocycles. The molecule has 0 bridgehead atoms. The maximum absolute atomic E-state index is 10.8. The lowest BCUT2D eigenvalue weighted by atomic mass is 9.74. The van der Waals surface area contributed by atoms with Gasteiger partial charge in [0.2, 0.25) is 0 Å². The van der Waals surface area contributed by atoms with Gasteiger partial charge in [0.1, 0.15) is 5.75 Å². The average molecular weight is 609 g/mol. The largest absolute Gasteiger partial charge is 0.507 e. The van der Waals surface area contributed by atoms with Crippen LogP contribution in [0.4, 0.5) is 0 Å². The molecule has 1 aliphatic heterocycles. The van der Waals surface area contributed by atoms with Crippen LogP contribution in [0.25, 0.3) is 0 Å². The number of ether oxygens (including phenoxy) is 2. The summed E-state index contributed by atoms with van der Waals surface area (Å²) in [5, 5.41) is 10.8. The zero-order chi connectivity index (χ0) is 33.4. The fourth-order valence-electron chi connectivity index (χ4n) is 6.85. The van der Waals surface area contributed by atoms with Crippen LogP contribution in [0.2, 0.25) is 0 Å². The molecule has 44 heavy (non-hydrogen) atoms. The first-order valence-electron chi connectivity index (χ1n) is 17.3. The summed E-state index contributed by atoms with van der Waals surface area (Å²) in [5.74, 6) is 2.52. The highest BCUT2D eigenvalue weighted by molar-refractivity contribution is 5.51. The molecule has 0 spiro atoms. The summed E-state index contributed by atoms with van der Waals surface area (Å²) < 4.78 is 11.9. The Bertz CT molecular complexity index is 1080. The van der Waals surface area contributed by atoms with Crippen LogP contribution in [-0.4, -0.2) is 18.3 Å². The third kappa shape index (κ3) is 9.12. The molecule has 0 radical (unpaired) electrons. The lowest BCUT2D eigenvalue weighted by Crippen LogP contribution is -2.27. The van der Waals surface area contributed by atoms with Crippen LogP contribution >= 0.6 is 0 Å². The number of rotatable bonds is 2. The highest BCUT2D eigenvalue weighted by Gasteiger charge is 2.30. The lowest BCUT2D eigenvalue weighted by molar-refractivity contribution is -0.202. The Labute approximate surface area is 273 Å². The highest BCUT2D eigenvalue weighted by atomic mass is 16.7. The van der Waals surface area contributed by atoms with Gasteiger partial charge in [-0.1, -0.05) is 122 Å². The Kier molecular flexibility index (Phi) is 11.2. The predicted molar refractivity (Wildman–Crippen MR) is 190 cm³/mol. The molecular formula is C41H68O3. The van der Waals surface area contributed by atoms with Crippen molar-refractivity contribution >= 4 is 0 Å². The molecule has 1 heterocycles. The first-order chi connectivity index (χ1) is 20.0. The molecule has 0 aromatic heterocycles. The van der Waals surface area contributed by atoms with Gasteiger partial charge in [0, 0.05) is 12.9 Å². The molecule has 3 heteroatoms. The van der Waals surface area contributed by atoms with Gasteiger partial charge in [0.15, 0.2) is 6.29 Å². The Morgan fingerprint density at radius 1 is 0.568 bits per heavy atom. The molecular weight excluding hydrogens is 540 g/mol. The number of hydrogen-bond donors (Lipinski definition) is 1. The molecule has 2 aliphatic rings. The Morgan fingerprint density at radius 2 is 0.932 bits per heavy atom. The second-order valence-corrected chi connectivity index (χ2v) is 18.3. The van der Waals surface area contributed by atoms with Crippen molar-refractivity contribution < 1.29 is 16.0 Å². The SMILES string of the molecule is CC1CCC(c2cc(C(C)(C)C)c(O)c(C(C)(C)C)c2)CC1.Cc1c(C(C)(C)C)cc(C2OCC(C)CO2)cc1C(C)(C)C.[HH]. The van der Waals surface area contributed by atoms with Gasteiger partial charge in [-0.15, -0.1) is 0 Å². The molecule has 1 N–H and O–H groups in total. The van der Waals surface area contributed by atoms with Gasteiger partial charge >= 0.3 is 0 Å². The van der Waals surface area contributed by atoms with Gasteiger partial charge in [-0.25, -0.2) is 0 Å². The van der Waals surface area contributed by atoms with Gasteiger partial charge in [-0.3, -0.25) is 0 Å². The van der Waals surface area contributed by atoms with Crippen LogP contribution in [0.3, 0.4) is 0 Å². The van der Waals surface area contributed by atoms with E-state index < -0.39 is 0 Å². The smallest absolute Gasteiger partial charge is 0.183 e. The topological polar surface area (TPSA) is 38.7 Å². The van der Waals surface area contributed by atoms with Crippen molar-refractivity contribution in [2.75, 3.05) is 13.2 Å². The number of phenolic OH excluding ortho intramolecular Hbond substituents is 1. The minimum absolute atomic E-state index is 0. The molecule has 2 aromatic rings. The third-order valence-electron chi connectivity index (χ3n) is 9.62. The summed E-state index contributed by atoms with van der Waals surface area (Å²) in [5.41, 5.74) is 9.16. The standard InChI is InChI=1S/C21H34O.C20H32O2.H2/c1-14-8-10-15(11-9-14)16-12-17(20(2,3)4)19(22)18(13-16)21(5,6)7;1-13-11-21-18(22-12-13)15-9-16(19(3,4)5)14(2)17(10-15)20(6,7)8;/h12-15,22H,8-11H2,1-7H3;9-10,13,18H,11-12H2,1-8H3;1H. The van der Waals surface area contributed by atoms with Crippen LogP contribution in [0.5, 0.6) is 5.75 Å². The van der Waals surface area contributed by atoms with E-state index in [0.29, 0.717) is 17.6 Å². The van der Waals surface area contributed by atoms with Crippen LogP contribution in [0.1, 0.15) is 175 Å². The molecule has 3 nitrogen and oxygen atoms in total. The van der Waals surface area contributed by atoms with E-state index in [9.17, 15) is 5.11 Å². The fourth-order valence-corrected chi connectivity index (χ4v) is 6.85. The van der Waals surface area contributed by atoms with E-state index in [0.717, 1.165) is 35.8 Å². The van der Waals surface area contributed by atoms with Gasteiger partial charge in [0.25, 0.3) is 0 Å². The summed E-state index contributed by atoms with van der Waals surface area (Å²) >= 11 is 0. The molecule has 250 valence electrons. The maximum atomic E-state index is 10.8. The summed E-state index contributed by atoms with van der Waals surface area (Å²) in [6, 6.07) is 9.13. The van der Waals surface area contributed by atoms with E-state index in [4.69, 9.17) is 9.47 Å². The first-order valence-corrected chi connectivity index (χ1v) is 17.3. The molecule has 0 amide bonds. The van der Waals surface area contributed by atoms with Crippen LogP contribution in [0, 0.1) is 18.8 Å². The number of hydrogen-bond acceptors (Lipinski definition) is 3. The lowest BCUT2D eigenvalue weighted by Gasteiger charge is -2.33. The molecule has 2 fully saturated rings. The van der Waals surface area contributed by atoms with E-state index in [2.05, 4.69) is 128 Å². The first kappa shape index (κ1) is 36.6. The second-order valence-electron chi connectivity index (χ2n) is 18.3. The zero-order valence-electron chi connectivity index (χ0n) is 31.1. The van der Waals surface area contributed by atoms with Crippen molar-refractivity contribution in [1.29, 1.82) is 0 Å². The number of phenols is 1. The van der Waals surface area contributed by atoms with Crippen LogP contribution < -0.4 is 0 Å². The number of benzene rings is 2.